The molecule has 5 nitrogen and oxygen atoms in total. The second-order valence-electron chi connectivity index (χ2n) is 5.89. The molecule has 0 atom stereocenters. The number of carbonyl (C=O) groups is 2. The van der Waals surface area contributed by atoms with E-state index in [1.54, 1.807) is 24.3 Å². The van der Waals surface area contributed by atoms with E-state index >= 15 is 0 Å². The molecule has 1 N–H and O–H groups in total. The molecule has 0 aromatic heterocycles. The van der Waals surface area contributed by atoms with Crippen molar-refractivity contribution in [2.45, 2.75) is 19.8 Å². The number of unbranched alkanes of at least 4 members (excludes halogenated alkanes) is 1. The van der Waals surface area contributed by atoms with Crippen molar-refractivity contribution in [1.29, 1.82) is 0 Å². The predicted molar refractivity (Wildman–Crippen MR) is 109 cm³/mol. The zero-order chi connectivity index (χ0) is 19.6. The van der Waals surface area contributed by atoms with Crippen LogP contribution in [0.2, 0.25) is 0 Å². The molecule has 2 rings (SSSR count). The molecule has 27 heavy (non-hydrogen) atoms. The summed E-state index contributed by atoms with van der Waals surface area (Å²) in [6.45, 7) is 6.18. The van der Waals surface area contributed by atoms with Crippen molar-refractivity contribution in [2.75, 3.05) is 18.5 Å². The lowest BCUT2D eigenvalue weighted by molar-refractivity contribution is -0.137. The quantitative estimate of drug-likeness (QED) is 0.348. The first-order chi connectivity index (χ1) is 13.0. The van der Waals surface area contributed by atoms with E-state index in [4.69, 9.17) is 9.47 Å². The molecule has 0 bridgehead atoms. The Bertz CT molecular complexity index is 802. The van der Waals surface area contributed by atoms with Gasteiger partial charge in [-0.2, -0.15) is 0 Å². The SMILES string of the molecule is C=CC(=O)OCCCCOc1ccc(C(=O)Nc2ccc(C)cc2Br)cc1. The van der Waals surface area contributed by atoms with Gasteiger partial charge in [0.1, 0.15) is 5.75 Å². The predicted octanol–water partition coefficient (Wildman–Crippen LogP) is 4.90. The minimum absolute atomic E-state index is 0.185. The highest BCUT2D eigenvalue weighted by Gasteiger charge is 2.08. The van der Waals surface area contributed by atoms with Gasteiger partial charge in [0.2, 0.25) is 0 Å². The molecule has 0 fully saturated rings. The van der Waals surface area contributed by atoms with Gasteiger partial charge < -0.3 is 14.8 Å². The van der Waals surface area contributed by atoms with E-state index in [1.165, 1.54) is 0 Å². The van der Waals surface area contributed by atoms with Crippen molar-refractivity contribution in [3.05, 3.63) is 70.7 Å². The maximum Gasteiger partial charge on any atom is 0.330 e. The molecular weight excluding hydrogens is 410 g/mol. The fraction of sp³-hybridized carbons (Fsp3) is 0.238. The number of benzene rings is 2. The molecule has 0 unspecified atom stereocenters. The number of aryl methyl sites for hydroxylation is 1. The fourth-order valence-electron chi connectivity index (χ4n) is 2.24. The molecule has 0 heterocycles. The van der Waals surface area contributed by atoms with E-state index < -0.39 is 5.97 Å². The summed E-state index contributed by atoms with van der Waals surface area (Å²) in [5.41, 5.74) is 2.38. The number of rotatable bonds is 9. The molecule has 0 radical (unpaired) electrons. The highest BCUT2D eigenvalue weighted by Crippen LogP contribution is 2.24. The van der Waals surface area contributed by atoms with Crippen LogP contribution in [0.15, 0.2) is 59.6 Å². The van der Waals surface area contributed by atoms with Gasteiger partial charge in [-0.25, -0.2) is 4.79 Å². The van der Waals surface area contributed by atoms with Crippen LogP contribution in [-0.4, -0.2) is 25.1 Å². The van der Waals surface area contributed by atoms with E-state index in [2.05, 4.69) is 27.8 Å². The Labute approximate surface area is 167 Å². The Morgan fingerprint density at radius 2 is 1.81 bits per heavy atom. The Hall–Kier alpha value is -2.60. The molecule has 0 spiro atoms. The monoisotopic (exact) mass is 431 g/mol. The fourth-order valence-corrected chi connectivity index (χ4v) is 2.84. The number of nitrogens with one attached hydrogen (secondary N) is 1. The van der Waals surface area contributed by atoms with Crippen LogP contribution < -0.4 is 10.1 Å². The van der Waals surface area contributed by atoms with Gasteiger partial charge in [0.15, 0.2) is 0 Å². The van der Waals surface area contributed by atoms with Crippen LogP contribution in [-0.2, 0) is 9.53 Å². The number of carbonyl (C=O) groups excluding carboxylic acids is 2. The molecule has 1 amide bonds. The molecule has 0 aliphatic carbocycles. The van der Waals surface area contributed by atoms with Gasteiger partial charge in [-0.3, -0.25) is 4.79 Å². The summed E-state index contributed by atoms with van der Waals surface area (Å²) in [4.78, 5) is 23.2. The summed E-state index contributed by atoms with van der Waals surface area (Å²) in [6.07, 6.45) is 2.62. The standard InChI is InChI=1S/C21H22BrNO4/c1-3-20(24)27-13-5-4-12-26-17-9-7-16(8-10-17)21(25)23-19-11-6-15(2)14-18(19)22/h3,6-11,14H,1,4-5,12-13H2,2H3,(H,23,25). The highest BCUT2D eigenvalue weighted by molar-refractivity contribution is 9.10. The van der Waals surface area contributed by atoms with Crippen LogP contribution in [0.4, 0.5) is 5.69 Å². The number of hydrogen-bond acceptors (Lipinski definition) is 4. The third-order valence-corrected chi connectivity index (χ3v) is 4.36. The summed E-state index contributed by atoms with van der Waals surface area (Å²) in [5, 5.41) is 2.88. The topological polar surface area (TPSA) is 64.6 Å². The zero-order valence-corrected chi connectivity index (χ0v) is 16.8. The average Bonchev–Trinajstić information content (AvgIpc) is 2.67. The van der Waals surface area contributed by atoms with Crippen molar-refractivity contribution in [2.24, 2.45) is 0 Å². The summed E-state index contributed by atoms with van der Waals surface area (Å²) in [6, 6.07) is 12.7. The zero-order valence-electron chi connectivity index (χ0n) is 15.2. The summed E-state index contributed by atoms with van der Waals surface area (Å²) < 4.78 is 11.4. The molecule has 0 aliphatic rings. The van der Waals surface area contributed by atoms with Crippen LogP contribution in [0.3, 0.4) is 0 Å². The molecule has 142 valence electrons. The van der Waals surface area contributed by atoms with Gasteiger partial charge in [0.05, 0.1) is 18.9 Å². The van der Waals surface area contributed by atoms with E-state index in [-0.39, 0.29) is 5.91 Å². The van der Waals surface area contributed by atoms with Crippen molar-refractivity contribution < 1.29 is 19.1 Å². The number of ether oxygens (including phenoxy) is 2. The van der Waals surface area contributed by atoms with Gasteiger partial charge >= 0.3 is 5.97 Å². The van der Waals surface area contributed by atoms with Gasteiger partial charge in [-0.05, 0) is 77.7 Å². The molecule has 0 saturated carbocycles. The maximum absolute atomic E-state index is 12.4. The van der Waals surface area contributed by atoms with Gasteiger partial charge in [-0.1, -0.05) is 12.6 Å². The van der Waals surface area contributed by atoms with Crippen molar-refractivity contribution in [3.63, 3.8) is 0 Å². The molecule has 2 aromatic rings. The second kappa shape index (κ2) is 10.5. The van der Waals surface area contributed by atoms with Crippen molar-refractivity contribution in [1.82, 2.24) is 0 Å². The lowest BCUT2D eigenvalue weighted by atomic mass is 10.2. The number of halogens is 1. The molecule has 2 aromatic carbocycles. The number of anilines is 1. The van der Waals surface area contributed by atoms with Gasteiger partial charge in [-0.15, -0.1) is 0 Å². The first kappa shape index (κ1) is 20.7. The number of amides is 1. The van der Waals surface area contributed by atoms with Crippen LogP contribution in [0.25, 0.3) is 0 Å². The van der Waals surface area contributed by atoms with Crippen LogP contribution in [0, 0.1) is 6.92 Å². The van der Waals surface area contributed by atoms with Crippen molar-refractivity contribution in [3.8, 4) is 5.75 Å². The normalized spacial score (nSPS) is 10.1. The Kier molecular flexibility index (Phi) is 8.07. The summed E-state index contributed by atoms with van der Waals surface area (Å²) in [7, 11) is 0. The smallest absolute Gasteiger partial charge is 0.330 e. The van der Waals surface area contributed by atoms with Crippen LogP contribution >= 0.6 is 15.9 Å². The van der Waals surface area contributed by atoms with E-state index in [0.717, 1.165) is 28.2 Å². The summed E-state index contributed by atoms with van der Waals surface area (Å²) in [5.74, 6) is 0.0868. The second-order valence-corrected chi connectivity index (χ2v) is 6.74. The van der Waals surface area contributed by atoms with Crippen molar-refractivity contribution >= 4 is 33.5 Å². The minimum atomic E-state index is -0.414. The van der Waals surface area contributed by atoms with Crippen LogP contribution in [0.5, 0.6) is 5.75 Å². The minimum Gasteiger partial charge on any atom is -0.494 e. The molecule has 0 saturated heterocycles. The Balaban J connectivity index is 1.78. The lowest BCUT2D eigenvalue weighted by Crippen LogP contribution is -2.12. The van der Waals surface area contributed by atoms with Gasteiger partial charge in [0, 0.05) is 16.1 Å². The summed E-state index contributed by atoms with van der Waals surface area (Å²) >= 11 is 3.45. The molecule has 0 aliphatic heterocycles. The number of esters is 1. The Morgan fingerprint density at radius 1 is 1.11 bits per heavy atom. The number of hydrogen-bond donors (Lipinski definition) is 1. The van der Waals surface area contributed by atoms with Gasteiger partial charge in [0.25, 0.3) is 5.91 Å². The lowest BCUT2D eigenvalue weighted by Gasteiger charge is -2.09. The third kappa shape index (κ3) is 6.90. The van der Waals surface area contributed by atoms with Crippen LogP contribution in [0.1, 0.15) is 28.8 Å². The largest absolute Gasteiger partial charge is 0.494 e. The molecular formula is C21H22BrNO4. The van der Waals surface area contributed by atoms with E-state index in [9.17, 15) is 9.59 Å². The Morgan fingerprint density at radius 3 is 2.48 bits per heavy atom. The molecule has 6 heteroatoms. The maximum atomic E-state index is 12.4. The third-order valence-electron chi connectivity index (χ3n) is 3.71. The van der Waals surface area contributed by atoms with E-state index in [0.29, 0.717) is 30.9 Å². The highest BCUT2D eigenvalue weighted by atomic mass is 79.9. The van der Waals surface area contributed by atoms with E-state index in [1.807, 2.05) is 25.1 Å². The first-order valence-electron chi connectivity index (χ1n) is 8.59. The average molecular weight is 432 g/mol. The first-order valence-corrected chi connectivity index (χ1v) is 9.38.